The van der Waals surface area contributed by atoms with Crippen LogP contribution in [0.25, 0.3) is 0 Å². The molecule has 0 saturated carbocycles. The monoisotopic (exact) mass is 333 g/mol. The van der Waals surface area contributed by atoms with Gasteiger partial charge in [0.25, 0.3) is 0 Å². The van der Waals surface area contributed by atoms with E-state index in [9.17, 15) is 5.26 Å². The van der Waals surface area contributed by atoms with Crippen molar-refractivity contribution >= 4 is 5.88 Å². The zero-order chi connectivity index (χ0) is 17.5. The van der Waals surface area contributed by atoms with Crippen LogP contribution in [0.3, 0.4) is 0 Å². The summed E-state index contributed by atoms with van der Waals surface area (Å²) in [5.41, 5.74) is 2.56. The lowest BCUT2D eigenvalue weighted by atomic mass is 10.1. The molecule has 0 fully saturated rings. The summed E-state index contributed by atoms with van der Waals surface area (Å²) in [5.74, 6) is 1.81. The third-order valence-electron chi connectivity index (χ3n) is 3.83. The number of oxazole rings is 1. The van der Waals surface area contributed by atoms with Gasteiger partial charge in [0.2, 0.25) is 17.5 Å². The highest BCUT2D eigenvalue weighted by Crippen LogP contribution is 2.19. The Hall–Kier alpha value is -3.26. The van der Waals surface area contributed by atoms with Gasteiger partial charge in [0.15, 0.2) is 0 Å². The number of rotatable bonds is 7. The van der Waals surface area contributed by atoms with Gasteiger partial charge in [-0.3, -0.25) is 0 Å². The highest BCUT2D eigenvalue weighted by molar-refractivity contribution is 5.45. The SMILES string of the molecule is COc1ccc(CCNc2oc(Cc3ccccc3)nc2C#N)cc1. The van der Waals surface area contributed by atoms with Crippen LogP contribution in [0.2, 0.25) is 0 Å². The number of anilines is 1. The number of hydrogen-bond acceptors (Lipinski definition) is 5. The van der Waals surface area contributed by atoms with E-state index >= 15 is 0 Å². The molecule has 5 heteroatoms. The van der Waals surface area contributed by atoms with E-state index in [-0.39, 0.29) is 0 Å². The van der Waals surface area contributed by atoms with Gasteiger partial charge in [-0.25, -0.2) is 4.98 Å². The van der Waals surface area contributed by atoms with Gasteiger partial charge in [0.1, 0.15) is 11.8 Å². The largest absolute Gasteiger partial charge is 0.497 e. The molecule has 0 amide bonds. The first-order chi connectivity index (χ1) is 12.3. The minimum absolute atomic E-state index is 0.292. The van der Waals surface area contributed by atoms with Gasteiger partial charge in [0, 0.05) is 13.0 Å². The molecule has 3 aromatic rings. The van der Waals surface area contributed by atoms with Crippen LogP contribution >= 0.6 is 0 Å². The highest BCUT2D eigenvalue weighted by atomic mass is 16.5. The fourth-order valence-corrected chi connectivity index (χ4v) is 2.52. The van der Waals surface area contributed by atoms with E-state index in [0.29, 0.717) is 30.4 Å². The Morgan fingerprint density at radius 1 is 1.08 bits per heavy atom. The van der Waals surface area contributed by atoms with Crippen LogP contribution in [-0.4, -0.2) is 18.6 Å². The van der Waals surface area contributed by atoms with Crippen LogP contribution in [0, 0.1) is 11.3 Å². The second kappa shape index (κ2) is 8.02. The van der Waals surface area contributed by atoms with E-state index in [1.165, 1.54) is 5.56 Å². The third-order valence-corrected chi connectivity index (χ3v) is 3.83. The molecule has 0 unspecified atom stereocenters. The molecule has 0 aliphatic heterocycles. The Morgan fingerprint density at radius 2 is 1.84 bits per heavy atom. The molecule has 0 spiro atoms. The summed E-state index contributed by atoms with van der Waals surface area (Å²) in [6.07, 6.45) is 1.37. The number of nitriles is 1. The maximum Gasteiger partial charge on any atom is 0.232 e. The molecule has 0 saturated heterocycles. The maximum absolute atomic E-state index is 9.25. The Kier molecular flexibility index (Phi) is 5.32. The van der Waals surface area contributed by atoms with Crippen molar-refractivity contribution in [1.82, 2.24) is 4.98 Å². The lowest BCUT2D eigenvalue weighted by molar-refractivity contribution is 0.414. The first kappa shape index (κ1) is 16.6. The Morgan fingerprint density at radius 3 is 2.52 bits per heavy atom. The number of nitrogens with zero attached hydrogens (tertiary/aromatic N) is 2. The van der Waals surface area contributed by atoms with Crippen molar-refractivity contribution in [3.8, 4) is 11.8 Å². The summed E-state index contributed by atoms with van der Waals surface area (Å²) in [4.78, 5) is 4.27. The van der Waals surface area contributed by atoms with E-state index in [4.69, 9.17) is 9.15 Å². The first-order valence-electron chi connectivity index (χ1n) is 8.09. The van der Waals surface area contributed by atoms with Crippen molar-refractivity contribution < 1.29 is 9.15 Å². The zero-order valence-electron chi connectivity index (χ0n) is 14.0. The molecule has 0 radical (unpaired) electrons. The Bertz CT molecular complexity index is 849. The molecule has 0 bridgehead atoms. The predicted molar refractivity (Wildman–Crippen MR) is 95.7 cm³/mol. The second-order valence-corrected chi connectivity index (χ2v) is 5.58. The fraction of sp³-hybridized carbons (Fsp3) is 0.200. The molecule has 2 aromatic carbocycles. The average molecular weight is 333 g/mol. The van der Waals surface area contributed by atoms with Crippen LogP contribution in [0.1, 0.15) is 22.7 Å². The topological polar surface area (TPSA) is 71.1 Å². The number of hydrogen-bond donors (Lipinski definition) is 1. The van der Waals surface area contributed by atoms with Crippen LogP contribution in [0.4, 0.5) is 5.88 Å². The van der Waals surface area contributed by atoms with Crippen molar-refractivity contribution in [3.05, 3.63) is 77.3 Å². The molecular weight excluding hydrogens is 314 g/mol. The fourth-order valence-electron chi connectivity index (χ4n) is 2.52. The van der Waals surface area contributed by atoms with Gasteiger partial charge in [-0.2, -0.15) is 5.26 Å². The molecule has 1 heterocycles. The number of benzene rings is 2. The van der Waals surface area contributed by atoms with Gasteiger partial charge in [-0.05, 0) is 29.7 Å². The van der Waals surface area contributed by atoms with Crippen molar-refractivity contribution in [3.63, 3.8) is 0 Å². The molecule has 25 heavy (non-hydrogen) atoms. The summed E-state index contributed by atoms with van der Waals surface area (Å²) in [6.45, 7) is 0.654. The van der Waals surface area contributed by atoms with Crippen molar-refractivity contribution in [2.45, 2.75) is 12.8 Å². The van der Waals surface area contributed by atoms with Gasteiger partial charge >= 0.3 is 0 Å². The van der Waals surface area contributed by atoms with Crippen LogP contribution in [0.5, 0.6) is 5.75 Å². The molecular formula is C20H19N3O2. The average Bonchev–Trinajstić information content (AvgIpc) is 3.05. The van der Waals surface area contributed by atoms with Crippen LogP contribution in [0.15, 0.2) is 59.0 Å². The quantitative estimate of drug-likeness (QED) is 0.712. The zero-order valence-corrected chi connectivity index (χ0v) is 14.0. The summed E-state index contributed by atoms with van der Waals surface area (Å²) in [5, 5.41) is 12.4. The Labute approximate surface area is 146 Å². The molecule has 5 nitrogen and oxygen atoms in total. The van der Waals surface area contributed by atoms with Gasteiger partial charge in [-0.1, -0.05) is 42.5 Å². The van der Waals surface area contributed by atoms with Crippen molar-refractivity contribution in [1.29, 1.82) is 5.26 Å². The van der Waals surface area contributed by atoms with Crippen LogP contribution in [-0.2, 0) is 12.8 Å². The van der Waals surface area contributed by atoms with E-state index in [2.05, 4.69) is 16.4 Å². The minimum atomic E-state index is 0.292. The van der Waals surface area contributed by atoms with E-state index < -0.39 is 0 Å². The molecule has 126 valence electrons. The minimum Gasteiger partial charge on any atom is -0.497 e. The normalized spacial score (nSPS) is 10.2. The molecule has 0 aliphatic rings. The van der Waals surface area contributed by atoms with Gasteiger partial charge in [-0.15, -0.1) is 0 Å². The smallest absolute Gasteiger partial charge is 0.232 e. The maximum atomic E-state index is 9.25. The predicted octanol–water partition coefficient (Wildman–Crippen LogP) is 3.80. The number of methoxy groups -OCH3 is 1. The molecule has 1 aromatic heterocycles. The second-order valence-electron chi connectivity index (χ2n) is 5.58. The number of aromatic nitrogens is 1. The lowest BCUT2D eigenvalue weighted by Crippen LogP contribution is -2.05. The van der Waals surface area contributed by atoms with Crippen molar-refractivity contribution in [2.75, 3.05) is 19.0 Å². The van der Waals surface area contributed by atoms with Gasteiger partial charge < -0.3 is 14.5 Å². The number of nitrogens with one attached hydrogen (secondary N) is 1. The van der Waals surface area contributed by atoms with Crippen molar-refractivity contribution in [2.24, 2.45) is 0 Å². The van der Waals surface area contributed by atoms with Gasteiger partial charge in [0.05, 0.1) is 7.11 Å². The van der Waals surface area contributed by atoms with E-state index in [1.807, 2.05) is 54.6 Å². The summed E-state index contributed by atoms with van der Waals surface area (Å²) in [7, 11) is 1.65. The third kappa shape index (κ3) is 4.39. The standard InChI is InChI=1S/C20H19N3O2/c1-24-17-9-7-15(8-10-17)11-12-22-20-18(14-21)23-19(25-20)13-16-5-3-2-4-6-16/h2-10,22H,11-13H2,1H3. The summed E-state index contributed by atoms with van der Waals surface area (Å²) < 4.78 is 10.9. The molecule has 0 atom stereocenters. The molecule has 0 aliphatic carbocycles. The highest BCUT2D eigenvalue weighted by Gasteiger charge is 2.13. The van der Waals surface area contributed by atoms with Crippen LogP contribution < -0.4 is 10.1 Å². The summed E-state index contributed by atoms with van der Waals surface area (Å²) in [6, 6.07) is 19.9. The van der Waals surface area contributed by atoms with E-state index in [1.54, 1.807) is 7.11 Å². The number of ether oxygens (including phenoxy) is 1. The van der Waals surface area contributed by atoms with E-state index in [0.717, 1.165) is 17.7 Å². The molecule has 3 rings (SSSR count). The lowest BCUT2D eigenvalue weighted by Gasteiger charge is -2.05. The summed E-state index contributed by atoms with van der Waals surface area (Å²) >= 11 is 0. The molecule has 1 N–H and O–H groups in total. The Balaban J connectivity index is 1.60. The first-order valence-corrected chi connectivity index (χ1v) is 8.09.